The Morgan fingerprint density at radius 3 is 2.45 bits per heavy atom. The van der Waals surface area contributed by atoms with Crippen LogP contribution in [0.3, 0.4) is 0 Å². The lowest BCUT2D eigenvalue weighted by Gasteiger charge is -2.34. The van der Waals surface area contributed by atoms with Gasteiger partial charge >= 0.3 is 0 Å². The van der Waals surface area contributed by atoms with Gasteiger partial charge < -0.3 is 14.5 Å². The Balaban J connectivity index is 1.31. The van der Waals surface area contributed by atoms with E-state index in [1.54, 1.807) is 12.1 Å². The minimum Gasteiger partial charge on any atom is -0.384 e. The van der Waals surface area contributed by atoms with E-state index in [0.29, 0.717) is 11.5 Å². The molecule has 2 aliphatic heterocycles. The molecule has 2 aliphatic rings. The van der Waals surface area contributed by atoms with Gasteiger partial charge in [-0.2, -0.15) is 0 Å². The first-order valence-electron chi connectivity index (χ1n) is 10.9. The summed E-state index contributed by atoms with van der Waals surface area (Å²) in [6, 6.07) is 14.9. The topological polar surface area (TPSA) is 66.9 Å². The zero-order chi connectivity index (χ0) is 21.8. The van der Waals surface area contributed by atoms with Gasteiger partial charge in [0.2, 0.25) is 0 Å². The molecule has 0 saturated carbocycles. The molecule has 6 nitrogen and oxygen atoms in total. The second-order valence-corrected chi connectivity index (χ2v) is 10.5. The molecule has 0 radical (unpaired) electrons. The number of ether oxygens (including phenoxy) is 1. The molecule has 1 fully saturated rings. The Bertz CT molecular complexity index is 1010. The average molecular weight is 443 g/mol. The molecule has 1 amide bonds. The molecular weight excluding hydrogens is 412 g/mol. The lowest BCUT2D eigenvalue weighted by molar-refractivity contribution is 0.0693. The zero-order valence-corrected chi connectivity index (χ0v) is 18.8. The Morgan fingerprint density at radius 1 is 1.03 bits per heavy atom. The van der Waals surface area contributed by atoms with Crippen molar-refractivity contribution in [3.05, 3.63) is 59.7 Å². The van der Waals surface area contributed by atoms with Crippen molar-refractivity contribution >= 4 is 21.4 Å². The van der Waals surface area contributed by atoms with Gasteiger partial charge in [-0.15, -0.1) is 0 Å². The van der Waals surface area contributed by atoms with Gasteiger partial charge in [0.05, 0.1) is 17.3 Å². The lowest BCUT2D eigenvalue weighted by Crippen LogP contribution is -2.41. The largest absolute Gasteiger partial charge is 0.384 e. The summed E-state index contributed by atoms with van der Waals surface area (Å²) in [6.45, 7) is 3.77. The highest BCUT2D eigenvalue weighted by atomic mass is 32.2. The van der Waals surface area contributed by atoms with E-state index in [-0.39, 0.29) is 23.2 Å². The molecule has 166 valence electrons. The SMILES string of the molecule is COCCS(=O)(=O)c1ccc(C(=O)N2CCC(CN3CCc4ccccc43)CC2)cc1. The van der Waals surface area contributed by atoms with Crippen LogP contribution in [0, 0.1) is 5.92 Å². The predicted molar refractivity (Wildman–Crippen MR) is 121 cm³/mol. The van der Waals surface area contributed by atoms with Crippen molar-refractivity contribution in [2.45, 2.75) is 24.2 Å². The van der Waals surface area contributed by atoms with Gasteiger partial charge in [-0.25, -0.2) is 8.42 Å². The number of fused-ring (bicyclic) bond motifs is 1. The normalized spacial score (nSPS) is 17.1. The monoisotopic (exact) mass is 442 g/mol. The summed E-state index contributed by atoms with van der Waals surface area (Å²) in [6.07, 6.45) is 3.10. The smallest absolute Gasteiger partial charge is 0.253 e. The summed E-state index contributed by atoms with van der Waals surface area (Å²) >= 11 is 0. The van der Waals surface area contributed by atoms with Crippen LogP contribution < -0.4 is 4.90 Å². The van der Waals surface area contributed by atoms with Crippen LogP contribution in [0.2, 0.25) is 0 Å². The highest BCUT2D eigenvalue weighted by Gasteiger charge is 2.27. The maximum absolute atomic E-state index is 12.9. The van der Waals surface area contributed by atoms with Crippen LogP contribution in [-0.2, 0) is 21.0 Å². The van der Waals surface area contributed by atoms with Crippen LogP contribution >= 0.6 is 0 Å². The Morgan fingerprint density at radius 2 is 1.74 bits per heavy atom. The van der Waals surface area contributed by atoms with Crippen LogP contribution in [0.25, 0.3) is 0 Å². The van der Waals surface area contributed by atoms with Gasteiger partial charge in [-0.1, -0.05) is 18.2 Å². The van der Waals surface area contributed by atoms with E-state index in [9.17, 15) is 13.2 Å². The summed E-state index contributed by atoms with van der Waals surface area (Å²) in [5.41, 5.74) is 3.34. The number of piperidine rings is 1. The number of rotatable bonds is 7. The van der Waals surface area contributed by atoms with Crippen LogP contribution in [-0.4, -0.2) is 64.9 Å². The lowest BCUT2D eigenvalue weighted by atomic mass is 9.95. The molecular formula is C24H30N2O4S. The minimum absolute atomic E-state index is 0.0224. The van der Waals surface area contributed by atoms with Gasteiger partial charge in [0, 0.05) is 44.5 Å². The zero-order valence-electron chi connectivity index (χ0n) is 18.0. The van der Waals surface area contributed by atoms with Crippen molar-refractivity contribution in [1.29, 1.82) is 0 Å². The van der Waals surface area contributed by atoms with E-state index >= 15 is 0 Å². The van der Waals surface area contributed by atoms with E-state index < -0.39 is 9.84 Å². The number of para-hydroxylation sites is 1. The third-order valence-electron chi connectivity index (χ3n) is 6.38. The molecule has 0 bridgehead atoms. The van der Waals surface area contributed by atoms with E-state index in [1.807, 2.05) is 4.90 Å². The van der Waals surface area contributed by atoms with Crippen molar-refractivity contribution in [3.8, 4) is 0 Å². The maximum Gasteiger partial charge on any atom is 0.253 e. The number of methoxy groups -OCH3 is 1. The molecule has 0 spiro atoms. The molecule has 0 atom stereocenters. The highest BCUT2D eigenvalue weighted by Crippen LogP contribution is 2.30. The summed E-state index contributed by atoms with van der Waals surface area (Å²) < 4.78 is 29.4. The summed E-state index contributed by atoms with van der Waals surface area (Å²) in [5.74, 6) is 0.500. The molecule has 4 rings (SSSR count). The fourth-order valence-electron chi connectivity index (χ4n) is 4.52. The molecule has 0 N–H and O–H groups in total. The highest BCUT2D eigenvalue weighted by molar-refractivity contribution is 7.91. The number of likely N-dealkylation sites (tertiary alicyclic amines) is 1. The van der Waals surface area contributed by atoms with Crippen LogP contribution in [0.1, 0.15) is 28.8 Å². The Hall–Kier alpha value is -2.38. The summed E-state index contributed by atoms with van der Waals surface area (Å²) in [4.78, 5) is 17.5. The number of nitrogens with zero attached hydrogens (tertiary/aromatic N) is 2. The second-order valence-electron chi connectivity index (χ2n) is 8.40. The van der Waals surface area contributed by atoms with Crippen molar-refractivity contribution in [3.63, 3.8) is 0 Å². The molecule has 1 saturated heterocycles. The Labute approximate surface area is 184 Å². The van der Waals surface area contributed by atoms with Gasteiger partial charge in [-0.3, -0.25) is 4.79 Å². The van der Waals surface area contributed by atoms with Crippen molar-refractivity contribution in [1.82, 2.24) is 4.90 Å². The summed E-state index contributed by atoms with van der Waals surface area (Å²) in [5, 5.41) is 0. The average Bonchev–Trinajstić information content (AvgIpc) is 3.21. The van der Waals surface area contributed by atoms with E-state index in [4.69, 9.17) is 4.74 Å². The van der Waals surface area contributed by atoms with E-state index in [0.717, 1.165) is 45.4 Å². The summed E-state index contributed by atoms with van der Waals surface area (Å²) in [7, 11) is -1.91. The van der Waals surface area contributed by atoms with Gasteiger partial charge in [0.25, 0.3) is 5.91 Å². The van der Waals surface area contributed by atoms with Crippen LogP contribution in [0.4, 0.5) is 5.69 Å². The standard InChI is InChI=1S/C24H30N2O4S/c1-30-16-17-31(28,29)22-8-6-21(7-9-22)24(27)25-13-10-19(11-14-25)18-26-15-12-20-4-2-3-5-23(20)26/h2-9,19H,10-18H2,1H3. The molecule has 2 aromatic carbocycles. The fourth-order valence-corrected chi connectivity index (χ4v) is 5.70. The number of benzene rings is 2. The molecule has 31 heavy (non-hydrogen) atoms. The number of hydrogen-bond acceptors (Lipinski definition) is 5. The second kappa shape index (κ2) is 9.40. The van der Waals surface area contributed by atoms with Crippen molar-refractivity contribution in [2.24, 2.45) is 5.92 Å². The molecule has 2 aromatic rings. The molecule has 7 heteroatoms. The maximum atomic E-state index is 12.9. The van der Waals surface area contributed by atoms with Crippen LogP contribution in [0.5, 0.6) is 0 Å². The number of carbonyl (C=O) groups excluding carboxylic acids is 1. The number of sulfone groups is 1. The number of amides is 1. The minimum atomic E-state index is -3.38. The van der Waals surface area contributed by atoms with Crippen LogP contribution in [0.15, 0.2) is 53.4 Å². The van der Waals surface area contributed by atoms with Crippen molar-refractivity contribution < 1.29 is 17.9 Å². The number of hydrogen-bond donors (Lipinski definition) is 0. The molecule has 0 aromatic heterocycles. The fraction of sp³-hybridized carbons (Fsp3) is 0.458. The van der Waals surface area contributed by atoms with E-state index in [2.05, 4.69) is 29.2 Å². The third-order valence-corrected chi connectivity index (χ3v) is 8.07. The molecule has 0 unspecified atom stereocenters. The number of carbonyl (C=O) groups is 1. The predicted octanol–water partition coefficient (Wildman–Crippen LogP) is 3.02. The first-order chi connectivity index (χ1) is 15.0. The molecule has 0 aliphatic carbocycles. The van der Waals surface area contributed by atoms with Gasteiger partial charge in [-0.05, 0) is 61.1 Å². The van der Waals surface area contributed by atoms with Gasteiger partial charge in [0.15, 0.2) is 9.84 Å². The van der Waals surface area contributed by atoms with Gasteiger partial charge in [0.1, 0.15) is 0 Å². The Kier molecular flexibility index (Phi) is 6.62. The quantitative estimate of drug-likeness (QED) is 0.659. The first-order valence-corrected chi connectivity index (χ1v) is 12.6. The van der Waals surface area contributed by atoms with E-state index in [1.165, 1.54) is 30.5 Å². The molecule has 2 heterocycles. The number of anilines is 1. The van der Waals surface area contributed by atoms with Crippen molar-refractivity contribution in [2.75, 3.05) is 50.5 Å². The third kappa shape index (κ3) is 4.93. The first kappa shape index (κ1) is 21.8.